The van der Waals surface area contributed by atoms with Crippen LogP contribution in [0.1, 0.15) is 27.5 Å². The van der Waals surface area contributed by atoms with Gasteiger partial charge in [0.2, 0.25) is 0 Å². The van der Waals surface area contributed by atoms with Crippen LogP contribution in [0.3, 0.4) is 0 Å². The summed E-state index contributed by atoms with van der Waals surface area (Å²) < 4.78 is 10.7. The summed E-state index contributed by atoms with van der Waals surface area (Å²) in [6.07, 6.45) is 5.81. The number of anilines is 2. The van der Waals surface area contributed by atoms with Crippen molar-refractivity contribution >= 4 is 28.3 Å². The molecule has 5 heterocycles. The van der Waals surface area contributed by atoms with Crippen molar-refractivity contribution in [3.05, 3.63) is 59.5 Å². The maximum atomic E-state index is 12.8. The number of ether oxygens (including phenoxy) is 1. The van der Waals surface area contributed by atoms with E-state index in [4.69, 9.17) is 9.26 Å². The molecule has 0 saturated heterocycles. The van der Waals surface area contributed by atoms with Crippen LogP contribution >= 0.6 is 0 Å². The quantitative estimate of drug-likeness (QED) is 0.520. The summed E-state index contributed by atoms with van der Waals surface area (Å²) in [6, 6.07) is 5.78. The first-order valence-electron chi connectivity index (χ1n) is 9.89. The fraction of sp³-hybridized carbons (Fsp3) is 0.227. The van der Waals surface area contributed by atoms with Gasteiger partial charge in [0.15, 0.2) is 5.69 Å². The number of nitrogens with zero attached hydrogens (tertiary/aromatic N) is 4. The molecule has 31 heavy (non-hydrogen) atoms. The van der Waals surface area contributed by atoms with Gasteiger partial charge in [0, 0.05) is 54.1 Å². The Morgan fingerprint density at radius 2 is 2.00 bits per heavy atom. The second kappa shape index (κ2) is 7.77. The topological polar surface area (TPSA) is 115 Å². The fourth-order valence-corrected chi connectivity index (χ4v) is 3.60. The Balaban J connectivity index is 1.45. The molecule has 0 saturated carbocycles. The molecule has 1 amide bonds. The Morgan fingerprint density at radius 3 is 2.87 bits per heavy atom. The van der Waals surface area contributed by atoms with E-state index in [-0.39, 0.29) is 11.6 Å². The lowest BCUT2D eigenvalue weighted by atomic mass is 10.0. The number of amides is 1. The largest absolute Gasteiger partial charge is 0.376 e. The van der Waals surface area contributed by atoms with E-state index in [2.05, 4.69) is 30.7 Å². The Labute approximate surface area is 177 Å². The molecule has 0 aromatic carbocycles. The van der Waals surface area contributed by atoms with E-state index >= 15 is 0 Å². The van der Waals surface area contributed by atoms with E-state index in [1.54, 1.807) is 18.6 Å². The van der Waals surface area contributed by atoms with Gasteiger partial charge < -0.3 is 19.9 Å². The van der Waals surface area contributed by atoms with Crippen LogP contribution < -0.4 is 10.6 Å². The molecule has 0 radical (unpaired) electrons. The van der Waals surface area contributed by atoms with Crippen molar-refractivity contribution in [3.8, 4) is 11.1 Å². The molecular weight excluding hydrogens is 396 g/mol. The van der Waals surface area contributed by atoms with Gasteiger partial charge in [0.1, 0.15) is 11.6 Å². The molecular formula is C22H20N6O3. The molecule has 0 fully saturated rings. The monoisotopic (exact) mass is 416 g/mol. The van der Waals surface area contributed by atoms with Crippen molar-refractivity contribution in [2.24, 2.45) is 0 Å². The summed E-state index contributed by atoms with van der Waals surface area (Å²) in [5.74, 6) is 1.11. The molecule has 2 N–H and O–H groups in total. The fourth-order valence-electron chi connectivity index (χ4n) is 3.60. The molecule has 5 rings (SSSR count). The maximum Gasteiger partial charge on any atom is 0.278 e. The summed E-state index contributed by atoms with van der Waals surface area (Å²) in [5, 5.41) is 10.7. The first kappa shape index (κ1) is 19.1. The maximum absolute atomic E-state index is 12.8. The van der Waals surface area contributed by atoms with Crippen molar-refractivity contribution in [1.82, 2.24) is 20.1 Å². The van der Waals surface area contributed by atoms with E-state index in [9.17, 15) is 4.79 Å². The van der Waals surface area contributed by atoms with E-state index in [0.29, 0.717) is 36.6 Å². The van der Waals surface area contributed by atoms with Crippen molar-refractivity contribution in [3.63, 3.8) is 0 Å². The molecule has 0 bridgehead atoms. The Morgan fingerprint density at radius 1 is 1.10 bits per heavy atom. The van der Waals surface area contributed by atoms with Crippen LogP contribution in [0.15, 0.2) is 41.3 Å². The van der Waals surface area contributed by atoms with Crippen LogP contribution in [0.5, 0.6) is 0 Å². The van der Waals surface area contributed by atoms with E-state index < -0.39 is 0 Å². The number of pyridine rings is 3. The number of hydrogen-bond acceptors (Lipinski definition) is 8. The molecule has 0 atom stereocenters. The number of aromatic nitrogens is 4. The summed E-state index contributed by atoms with van der Waals surface area (Å²) >= 11 is 0. The predicted octanol–water partition coefficient (Wildman–Crippen LogP) is 3.35. The van der Waals surface area contributed by atoms with Crippen LogP contribution in [-0.2, 0) is 17.8 Å². The lowest BCUT2D eigenvalue weighted by molar-refractivity contribution is 0.0976. The van der Waals surface area contributed by atoms with Gasteiger partial charge in [-0.3, -0.25) is 14.8 Å². The summed E-state index contributed by atoms with van der Waals surface area (Å²) in [5.41, 5.74) is 4.94. The van der Waals surface area contributed by atoms with Gasteiger partial charge >= 0.3 is 0 Å². The number of carbonyl (C=O) groups is 1. The van der Waals surface area contributed by atoms with Crippen LogP contribution in [-0.4, -0.2) is 39.7 Å². The molecule has 9 nitrogen and oxygen atoms in total. The van der Waals surface area contributed by atoms with Crippen LogP contribution in [0, 0.1) is 6.92 Å². The van der Waals surface area contributed by atoms with Crippen LogP contribution in [0.2, 0.25) is 0 Å². The SMILES string of the molecule is CNc1cc2ncc(-c3cc(NC(=O)c4noc5c4COCC5)cnc3C)cc2cn1. The highest BCUT2D eigenvalue weighted by molar-refractivity contribution is 6.04. The van der Waals surface area contributed by atoms with Gasteiger partial charge in [-0.2, -0.15) is 0 Å². The molecule has 4 aromatic rings. The minimum absolute atomic E-state index is 0.246. The van der Waals surface area contributed by atoms with Gasteiger partial charge in [0.25, 0.3) is 5.91 Å². The highest BCUT2D eigenvalue weighted by Crippen LogP contribution is 2.28. The molecule has 0 aliphatic carbocycles. The molecule has 4 aromatic heterocycles. The number of fused-ring (bicyclic) bond motifs is 2. The standard InChI is InChI=1S/C22H20N6O3/c1-12-16(13-5-14-9-26-20(23-2)7-18(14)25-8-13)6-15(10-24-12)27-22(29)21-17-11-30-4-3-19(17)31-28-21/h5-10H,3-4,11H2,1-2H3,(H,23,26)(H,27,29). The highest BCUT2D eigenvalue weighted by Gasteiger charge is 2.24. The third kappa shape index (κ3) is 3.59. The smallest absolute Gasteiger partial charge is 0.278 e. The van der Waals surface area contributed by atoms with Crippen molar-refractivity contribution in [1.29, 1.82) is 0 Å². The van der Waals surface area contributed by atoms with Crippen molar-refractivity contribution < 1.29 is 14.1 Å². The van der Waals surface area contributed by atoms with Gasteiger partial charge in [-0.05, 0) is 19.1 Å². The normalized spacial score (nSPS) is 13.1. The minimum atomic E-state index is -0.354. The highest BCUT2D eigenvalue weighted by atomic mass is 16.5. The third-order valence-corrected chi connectivity index (χ3v) is 5.28. The van der Waals surface area contributed by atoms with Crippen LogP contribution in [0.4, 0.5) is 11.5 Å². The van der Waals surface area contributed by atoms with Crippen molar-refractivity contribution in [2.45, 2.75) is 20.0 Å². The Hall–Kier alpha value is -3.85. The number of hydrogen-bond donors (Lipinski definition) is 2. The minimum Gasteiger partial charge on any atom is -0.376 e. The lowest BCUT2D eigenvalue weighted by Crippen LogP contribution is -2.17. The van der Waals surface area contributed by atoms with Gasteiger partial charge in [-0.15, -0.1) is 0 Å². The molecule has 1 aliphatic heterocycles. The summed E-state index contributed by atoms with van der Waals surface area (Å²) in [6.45, 7) is 2.81. The van der Waals surface area contributed by atoms with Crippen molar-refractivity contribution in [2.75, 3.05) is 24.3 Å². The molecule has 156 valence electrons. The first-order valence-corrected chi connectivity index (χ1v) is 9.89. The van der Waals surface area contributed by atoms with E-state index in [0.717, 1.165) is 33.5 Å². The lowest BCUT2D eigenvalue weighted by Gasteiger charge is -2.12. The number of rotatable bonds is 4. The predicted molar refractivity (Wildman–Crippen MR) is 115 cm³/mol. The Kier molecular flexibility index (Phi) is 4.79. The van der Waals surface area contributed by atoms with E-state index in [1.807, 2.05) is 32.2 Å². The average Bonchev–Trinajstić information content (AvgIpc) is 3.24. The first-order chi connectivity index (χ1) is 15.1. The second-order valence-corrected chi connectivity index (χ2v) is 7.28. The van der Waals surface area contributed by atoms with Gasteiger partial charge in [-0.25, -0.2) is 4.98 Å². The summed E-state index contributed by atoms with van der Waals surface area (Å²) in [7, 11) is 1.82. The molecule has 0 unspecified atom stereocenters. The zero-order chi connectivity index (χ0) is 21.4. The van der Waals surface area contributed by atoms with E-state index in [1.165, 1.54) is 0 Å². The average molecular weight is 416 g/mol. The third-order valence-electron chi connectivity index (χ3n) is 5.28. The van der Waals surface area contributed by atoms with Crippen LogP contribution in [0.25, 0.3) is 22.0 Å². The zero-order valence-corrected chi connectivity index (χ0v) is 17.1. The van der Waals surface area contributed by atoms with Gasteiger partial charge in [0.05, 0.1) is 36.2 Å². The molecule has 1 aliphatic rings. The molecule has 9 heteroatoms. The number of carbonyl (C=O) groups excluding carboxylic acids is 1. The zero-order valence-electron chi connectivity index (χ0n) is 17.1. The number of nitrogens with one attached hydrogen (secondary N) is 2. The molecule has 0 spiro atoms. The van der Waals surface area contributed by atoms with Gasteiger partial charge in [-0.1, -0.05) is 5.16 Å². The number of aryl methyl sites for hydroxylation is 1. The second-order valence-electron chi connectivity index (χ2n) is 7.28. The Bertz CT molecular complexity index is 1300. The summed E-state index contributed by atoms with van der Waals surface area (Å²) in [4.78, 5) is 26.1.